The standard InChI is InChI=1S/C19H19BrClN3O3S/c20-15-11-14-13-23-6-5-18(14)19(12-15)28(25,26)24-8-7-22-9-10-27-17-3-1-16(21)2-4-17/h1-6,11-13,22,24H,7-10H2. The normalized spacial score (nSPS) is 11.6. The number of hydrogen-bond donors (Lipinski definition) is 2. The maximum atomic E-state index is 12.7. The first-order valence-corrected chi connectivity index (χ1v) is 11.2. The van der Waals surface area contributed by atoms with Crippen LogP contribution in [0.1, 0.15) is 0 Å². The Morgan fingerprint density at radius 3 is 2.64 bits per heavy atom. The molecule has 6 nitrogen and oxygen atoms in total. The van der Waals surface area contributed by atoms with E-state index in [1.807, 2.05) is 6.07 Å². The average molecular weight is 485 g/mol. The number of rotatable bonds is 9. The van der Waals surface area contributed by atoms with Gasteiger partial charge in [-0.15, -0.1) is 0 Å². The lowest BCUT2D eigenvalue weighted by Crippen LogP contribution is -2.33. The molecule has 28 heavy (non-hydrogen) atoms. The molecule has 0 spiro atoms. The highest BCUT2D eigenvalue weighted by atomic mass is 79.9. The van der Waals surface area contributed by atoms with Crippen molar-refractivity contribution in [3.05, 3.63) is 64.4 Å². The summed E-state index contributed by atoms with van der Waals surface area (Å²) in [4.78, 5) is 4.27. The van der Waals surface area contributed by atoms with Gasteiger partial charge in [0.25, 0.3) is 0 Å². The third kappa shape index (κ3) is 5.65. The lowest BCUT2D eigenvalue weighted by Gasteiger charge is -2.11. The van der Waals surface area contributed by atoms with Gasteiger partial charge in [-0.3, -0.25) is 4.98 Å². The zero-order valence-corrected chi connectivity index (χ0v) is 18.0. The van der Waals surface area contributed by atoms with Crippen molar-refractivity contribution in [1.29, 1.82) is 0 Å². The van der Waals surface area contributed by atoms with E-state index >= 15 is 0 Å². The average Bonchev–Trinajstić information content (AvgIpc) is 2.68. The Morgan fingerprint density at radius 1 is 1.07 bits per heavy atom. The van der Waals surface area contributed by atoms with Crippen LogP contribution in [0.5, 0.6) is 5.75 Å². The van der Waals surface area contributed by atoms with Gasteiger partial charge in [0.2, 0.25) is 10.0 Å². The number of fused-ring (bicyclic) bond motifs is 1. The maximum Gasteiger partial charge on any atom is 0.241 e. The van der Waals surface area contributed by atoms with Crippen molar-refractivity contribution in [3.63, 3.8) is 0 Å². The van der Waals surface area contributed by atoms with E-state index in [1.165, 1.54) is 0 Å². The summed E-state index contributed by atoms with van der Waals surface area (Å²) in [5.74, 6) is 0.739. The van der Waals surface area contributed by atoms with Gasteiger partial charge in [-0.1, -0.05) is 27.5 Å². The second kappa shape index (κ2) is 9.67. The number of nitrogens with zero attached hydrogens (tertiary/aromatic N) is 1. The molecule has 0 saturated heterocycles. The lowest BCUT2D eigenvalue weighted by molar-refractivity contribution is 0.314. The fraction of sp³-hybridized carbons (Fsp3) is 0.211. The summed E-state index contributed by atoms with van der Waals surface area (Å²) in [6.45, 7) is 1.81. The molecule has 9 heteroatoms. The van der Waals surface area contributed by atoms with Crippen LogP contribution in [-0.4, -0.2) is 39.6 Å². The van der Waals surface area contributed by atoms with Gasteiger partial charge < -0.3 is 10.1 Å². The molecule has 0 unspecified atom stereocenters. The summed E-state index contributed by atoms with van der Waals surface area (Å²) in [6.07, 6.45) is 3.22. The van der Waals surface area contributed by atoms with E-state index < -0.39 is 10.0 Å². The molecule has 148 valence electrons. The predicted molar refractivity (Wildman–Crippen MR) is 114 cm³/mol. The fourth-order valence-electron chi connectivity index (χ4n) is 2.61. The number of hydrogen-bond acceptors (Lipinski definition) is 5. The van der Waals surface area contributed by atoms with Crippen LogP contribution in [0, 0.1) is 0 Å². The summed E-state index contributed by atoms with van der Waals surface area (Å²) >= 11 is 9.18. The molecule has 2 N–H and O–H groups in total. The number of aromatic nitrogens is 1. The van der Waals surface area contributed by atoms with Crippen LogP contribution in [0.2, 0.25) is 5.02 Å². The minimum absolute atomic E-state index is 0.227. The van der Waals surface area contributed by atoms with E-state index in [9.17, 15) is 8.42 Å². The molecule has 0 atom stereocenters. The molecule has 2 aromatic carbocycles. The van der Waals surface area contributed by atoms with Gasteiger partial charge in [0.15, 0.2) is 0 Å². The second-order valence-electron chi connectivity index (χ2n) is 5.95. The molecular formula is C19H19BrClN3O3S. The van der Waals surface area contributed by atoms with Crippen LogP contribution in [0.4, 0.5) is 0 Å². The van der Waals surface area contributed by atoms with Crippen molar-refractivity contribution in [2.24, 2.45) is 0 Å². The zero-order chi connectivity index (χ0) is 20.0. The van der Waals surface area contributed by atoms with Gasteiger partial charge in [0, 0.05) is 52.3 Å². The highest BCUT2D eigenvalue weighted by Gasteiger charge is 2.17. The Kier molecular flexibility index (Phi) is 7.25. The van der Waals surface area contributed by atoms with E-state index in [4.69, 9.17) is 16.3 Å². The topological polar surface area (TPSA) is 80.3 Å². The summed E-state index contributed by atoms with van der Waals surface area (Å²) in [6, 6.07) is 12.3. The number of ether oxygens (including phenoxy) is 1. The van der Waals surface area contributed by atoms with Crippen LogP contribution in [-0.2, 0) is 10.0 Å². The van der Waals surface area contributed by atoms with E-state index in [0.29, 0.717) is 34.6 Å². The predicted octanol–water partition coefficient (Wildman–Crippen LogP) is 3.60. The van der Waals surface area contributed by atoms with Crippen molar-refractivity contribution in [2.75, 3.05) is 26.2 Å². The minimum Gasteiger partial charge on any atom is -0.492 e. The van der Waals surface area contributed by atoms with Gasteiger partial charge >= 0.3 is 0 Å². The molecule has 1 aromatic heterocycles. The molecule has 3 rings (SSSR count). The van der Waals surface area contributed by atoms with Crippen molar-refractivity contribution >= 4 is 48.3 Å². The first kappa shape index (κ1) is 21.0. The fourth-order valence-corrected chi connectivity index (χ4v) is 4.65. The molecule has 3 aromatic rings. The monoisotopic (exact) mass is 483 g/mol. The van der Waals surface area contributed by atoms with E-state index in [-0.39, 0.29) is 11.4 Å². The summed E-state index contributed by atoms with van der Waals surface area (Å²) < 4.78 is 34.2. The number of sulfonamides is 1. The SMILES string of the molecule is O=S(=O)(NCCNCCOc1ccc(Cl)cc1)c1cc(Br)cc2cnccc12. The number of benzene rings is 2. The minimum atomic E-state index is -3.64. The second-order valence-corrected chi connectivity index (χ2v) is 9.04. The summed E-state index contributed by atoms with van der Waals surface area (Å²) in [5, 5.41) is 5.20. The van der Waals surface area contributed by atoms with Crippen LogP contribution < -0.4 is 14.8 Å². The maximum absolute atomic E-state index is 12.7. The molecule has 0 aliphatic carbocycles. The molecule has 1 heterocycles. The van der Waals surface area contributed by atoms with Crippen molar-refractivity contribution in [1.82, 2.24) is 15.0 Å². The van der Waals surface area contributed by atoms with Gasteiger partial charge in [-0.05, 0) is 42.5 Å². The summed E-state index contributed by atoms with van der Waals surface area (Å²) in [7, 11) is -3.64. The molecule has 0 aliphatic heterocycles. The zero-order valence-electron chi connectivity index (χ0n) is 14.9. The molecule has 0 aliphatic rings. The van der Waals surface area contributed by atoms with Crippen molar-refractivity contribution in [2.45, 2.75) is 4.90 Å². The number of halogens is 2. The first-order valence-electron chi connectivity index (χ1n) is 8.58. The Morgan fingerprint density at radius 2 is 1.86 bits per heavy atom. The molecule has 0 saturated carbocycles. The Balaban J connectivity index is 1.47. The molecule has 0 bridgehead atoms. The third-order valence-corrected chi connectivity index (χ3v) is 6.14. The Bertz CT molecular complexity index is 1050. The Labute approximate surface area is 177 Å². The number of nitrogens with one attached hydrogen (secondary N) is 2. The third-order valence-electron chi connectivity index (χ3n) is 3.92. The van der Waals surface area contributed by atoms with Crippen LogP contribution in [0.25, 0.3) is 10.8 Å². The number of pyridine rings is 1. The van der Waals surface area contributed by atoms with Crippen LogP contribution >= 0.6 is 27.5 Å². The molecule has 0 fully saturated rings. The smallest absolute Gasteiger partial charge is 0.241 e. The van der Waals surface area contributed by atoms with Gasteiger partial charge in [-0.2, -0.15) is 0 Å². The van der Waals surface area contributed by atoms with Gasteiger partial charge in [-0.25, -0.2) is 13.1 Å². The largest absolute Gasteiger partial charge is 0.492 e. The van der Waals surface area contributed by atoms with Crippen molar-refractivity contribution < 1.29 is 13.2 Å². The molecule has 0 radical (unpaired) electrons. The van der Waals surface area contributed by atoms with Gasteiger partial charge in [0.05, 0.1) is 4.90 Å². The van der Waals surface area contributed by atoms with E-state index in [2.05, 4.69) is 31.0 Å². The van der Waals surface area contributed by atoms with Crippen LogP contribution in [0.3, 0.4) is 0 Å². The van der Waals surface area contributed by atoms with Crippen molar-refractivity contribution in [3.8, 4) is 5.75 Å². The quantitative estimate of drug-likeness (QED) is 0.454. The molecule has 0 amide bonds. The van der Waals surface area contributed by atoms with Gasteiger partial charge in [0.1, 0.15) is 12.4 Å². The van der Waals surface area contributed by atoms with Crippen LogP contribution in [0.15, 0.2) is 64.2 Å². The van der Waals surface area contributed by atoms with E-state index in [1.54, 1.807) is 48.8 Å². The first-order chi connectivity index (χ1) is 13.5. The summed E-state index contributed by atoms with van der Waals surface area (Å²) in [5.41, 5.74) is 0. The Hall–Kier alpha value is -1.71. The highest BCUT2D eigenvalue weighted by molar-refractivity contribution is 9.10. The highest BCUT2D eigenvalue weighted by Crippen LogP contribution is 2.26. The van der Waals surface area contributed by atoms with E-state index in [0.717, 1.165) is 11.1 Å². The lowest BCUT2D eigenvalue weighted by atomic mass is 10.2. The molecular weight excluding hydrogens is 466 g/mol.